The van der Waals surface area contributed by atoms with Crippen LogP contribution in [0.25, 0.3) is 0 Å². The van der Waals surface area contributed by atoms with Crippen LogP contribution in [0.1, 0.15) is 19.3 Å². The maximum atomic E-state index is 11.5. The van der Waals surface area contributed by atoms with Crippen molar-refractivity contribution in [3.8, 4) is 0 Å². The molecule has 0 bridgehead atoms. The molecule has 12 nitrogen and oxygen atoms in total. The molecule has 0 radical (unpaired) electrons. The highest BCUT2D eigenvalue weighted by atomic mass is 16.7. The number of amides is 3. The Kier molecular flexibility index (Phi) is 14.4. The van der Waals surface area contributed by atoms with Gasteiger partial charge in [0, 0.05) is 26.5 Å². The minimum absolute atomic E-state index is 0.0315. The Morgan fingerprint density at radius 2 is 1.33 bits per heavy atom. The number of hydrogen-bond acceptors (Lipinski definition) is 10. The minimum atomic E-state index is -0.701. The van der Waals surface area contributed by atoms with Crippen molar-refractivity contribution in [1.29, 1.82) is 0 Å². The lowest BCUT2D eigenvalue weighted by atomic mass is 10.4. The minimum Gasteiger partial charge on any atom is -0.378 e. The Morgan fingerprint density at radius 1 is 0.833 bits per heavy atom. The first-order chi connectivity index (χ1) is 14.5. The van der Waals surface area contributed by atoms with E-state index in [0.717, 1.165) is 0 Å². The molecule has 172 valence electrons. The zero-order valence-electron chi connectivity index (χ0n) is 17.2. The van der Waals surface area contributed by atoms with Crippen molar-refractivity contribution in [1.82, 2.24) is 10.4 Å². The predicted octanol–water partition coefficient (Wildman–Crippen LogP) is -1.19. The van der Waals surface area contributed by atoms with Crippen LogP contribution in [0.15, 0.2) is 0 Å². The first kappa shape index (κ1) is 25.9. The topological polar surface area (TPSA) is 139 Å². The molecule has 12 heteroatoms. The predicted molar refractivity (Wildman–Crippen MR) is 100.0 cm³/mol. The molecule has 1 rings (SSSR count). The van der Waals surface area contributed by atoms with Crippen LogP contribution in [-0.2, 0) is 47.7 Å². The standard InChI is InChI=1S/C18H30N2O10/c1-25-14-15(21)19-5-7-27-9-11-29-13-12-28-10-8-26-6-4-18(24)30-20-16(22)2-3-17(20)23/h2-14H2,1H3,(H,19,21). The molecule has 0 saturated carbocycles. The summed E-state index contributed by atoms with van der Waals surface area (Å²) in [7, 11) is 1.45. The van der Waals surface area contributed by atoms with Crippen LogP contribution in [0.2, 0.25) is 0 Å². The fraction of sp³-hybridized carbons (Fsp3) is 0.778. The third kappa shape index (κ3) is 12.4. The van der Waals surface area contributed by atoms with Gasteiger partial charge in [0.05, 0.1) is 59.3 Å². The molecule has 1 aliphatic heterocycles. The molecular formula is C18H30N2O10. The molecule has 1 saturated heterocycles. The van der Waals surface area contributed by atoms with Gasteiger partial charge in [-0.05, 0) is 0 Å². The molecule has 0 aromatic carbocycles. The molecule has 0 spiro atoms. The van der Waals surface area contributed by atoms with E-state index in [9.17, 15) is 19.2 Å². The van der Waals surface area contributed by atoms with E-state index >= 15 is 0 Å². The van der Waals surface area contributed by atoms with E-state index in [2.05, 4.69) is 10.1 Å². The van der Waals surface area contributed by atoms with Gasteiger partial charge in [0.1, 0.15) is 6.61 Å². The van der Waals surface area contributed by atoms with Gasteiger partial charge in [-0.2, -0.15) is 0 Å². The van der Waals surface area contributed by atoms with Crippen LogP contribution in [-0.4, -0.2) is 102 Å². The van der Waals surface area contributed by atoms with Crippen LogP contribution in [0, 0.1) is 0 Å². The van der Waals surface area contributed by atoms with Gasteiger partial charge in [-0.25, -0.2) is 4.79 Å². The lowest BCUT2D eigenvalue weighted by molar-refractivity contribution is -0.198. The molecule has 0 aromatic rings. The van der Waals surface area contributed by atoms with Crippen molar-refractivity contribution >= 4 is 23.7 Å². The van der Waals surface area contributed by atoms with Crippen LogP contribution in [0.3, 0.4) is 0 Å². The van der Waals surface area contributed by atoms with E-state index in [0.29, 0.717) is 51.2 Å². The molecular weight excluding hydrogens is 404 g/mol. The fourth-order valence-electron chi connectivity index (χ4n) is 2.17. The van der Waals surface area contributed by atoms with E-state index in [1.54, 1.807) is 0 Å². The van der Waals surface area contributed by atoms with Gasteiger partial charge >= 0.3 is 5.97 Å². The summed E-state index contributed by atoms with van der Waals surface area (Å²) in [6, 6.07) is 0. The average Bonchev–Trinajstić information content (AvgIpc) is 3.03. The molecule has 1 N–H and O–H groups in total. The number of methoxy groups -OCH3 is 1. The largest absolute Gasteiger partial charge is 0.378 e. The van der Waals surface area contributed by atoms with Crippen LogP contribution in [0.4, 0.5) is 0 Å². The Hall–Kier alpha value is -2.12. The molecule has 0 aromatic heterocycles. The number of hydrogen-bond donors (Lipinski definition) is 1. The smallest absolute Gasteiger partial charge is 0.335 e. The normalized spacial score (nSPS) is 13.7. The van der Waals surface area contributed by atoms with Crippen molar-refractivity contribution < 1.29 is 47.7 Å². The highest BCUT2D eigenvalue weighted by Crippen LogP contribution is 2.12. The van der Waals surface area contributed by atoms with Crippen molar-refractivity contribution in [2.45, 2.75) is 19.3 Å². The number of carbonyl (C=O) groups excluding carboxylic acids is 4. The summed E-state index contributed by atoms with van der Waals surface area (Å²) in [6.45, 7) is 3.16. The number of rotatable bonds is 18. The molecule has 1 aliphatic rings. The molecule has 3 amide bonds. The lowest BCUT2D eigenvalue weighted by Gasteiger charge is -2.12. The Bertz CT molecular complexity index is 527. The summed E-state index contributed by atoms with van der Waals surface area (Å²) in [5.74, 6) is -1.91. The third-order valence-corrected chi connectivity index (χ3v) is 3.61. The number of imide groups is 1. The summed E-state index contributed by atoms with van der Waals surface area (Å²) >= 11 is 0. The van der Waals surface area contributed by atoms with Gasteiger partial charge in [0.15, 0.2) is 0 Å². The molecule has 1 fully saturated rings. The molecule has 30 heavy (non-hydrogen) atoms. The number of hydroxylamine groups is 2. The third-order valence-electron chi connectivity index (χ3n) is 3.61. The van der Waals surface area contributed by atoms with E-state index in [1.807, 2.05) is 0 Å². The van der Waals surface area contributed by atoms with Gasteiger partial charge in [0.2, 0.25) is 5.91 Å². The maximum Gasteiger partial charge on any atom is 0.335 e. The van der Waals surface area contributed by atoms with Gasteiger partial charge in [-0.3, -0.25) is 14.4 Å². The van der Waals surface area contributed by atoms with Crippen molar-refractivity contribution in [2.24, 2.45) is 0 Å². The highest BCUT2D eigenvalue weighted by molar-refractivity contribution is 6.01. The zero-order chi connectivity index (χ0) is 22.0. The highest BCUT2D eigenvalue weighted by Gasteiger charge is 2.32. The number of carbonyl (C=O) groups is 4. The van der Waals surface area contributed by atoms with Gasteiger partial charge in [-0.15, -0.1) is 5.06 Å². The fourth-order valence-corrected chi connectivity index (χ4v) is 2.17. The Labute approximate surface area is 175 Å². The van der Waals surface area contributed by atoms with E-state index < -0.39 is 17.8 Å². The monoisotopic (exact) mass is 434 g/mol. The summed E-state index contributed by atoms with van der Waals surface area (Å²) in [6.07, 6.45) is 0.0491. The van der Waals surface area contributed by atoms with Crippen LogP contribution in [0.5, 0.6) is 0 Å². The van der Waals surface area contributed by atoms with Gasteiger partial charge < -0.3 is 33.8 Å². The Morgan fingerprint density at radius 3 is 1.87 bits per heavy atom. The SMILES string of the molecule is COCC(=O)NCCOCCOCCOCCOCCC(=O)ON1C(=O)CCC1=O. The summed E-state index contributed by atoms with van der Waals surface area (Å²) in [4.78, 5) is 50.0. The zero-order valence-corrected chi connectivity index (χ0v) is 17.2. The van der Waals surface area contributed by atoms with Crippen molar-refractivity contribution in [3.05, 3.63) is 0 Å². The molecule has 0 atom stereocenters. The second-order valence-corrected chi connectivity index (χ2v) is 6.03. The summed E-state index contributed by atoms with van der Waals surface area (Å²) in [5, 5.41) is 3.14. The van der Waals surface area contributed by atoms with E-state index in [1.165, 1.54) is 7.11 Å². The molecule has 0 aliphatic carbocycles. The maximum absolute atomic E-state index is 11.5. The first-order valence-corrected chi connectivity index (χ1v) is 9.67. The second kappa shape index (κ2) is 16.7. The number of nitrogens with one attached hydrogen (secondary N) is 1. The average molecular weight is 434 g/mol. The number of nitrogens with zero attached hydrogens (tertiary/aromatic N) is 1. The van der Waals surface area contributed by atoms with Crippen LogP contribution >= 0.6 is 0 Å². The van der Waals surface area contributed by atoms with E-state index in [-0.39, 0.29) is 45.0 Å². The van der Waals surface area contributed by atoms with Gasteiger partial charge in [0.25, 0.3) is 11.8 Å². The van der Waals surface area contributed by atoms with Crippen molar-refractivity contribution in [2.75, 3.05) is 73.1 Å². The molecule has 0 unspecified atom stereocenters. The van der Waals surface area contributed by atoms with Crippen molar-refractivity contribution in [3.63, 3.8) is 0 Å². The van der Waals surface area contributed by atoms with Crippen LogP contribution < -0.4 is 5.32 Å². The van der Waals surface area contributed by atoms with E-state index in [4.69, 9.17) is 23.8 Å². The first-order valence-electron chi connectivity index (χ1n) is 9.67. The molecule has 1 heterocycles. The summed E-state index contributed by atoms with van der Waals surface area (Å²) < 4.78 is 25.8. The number of ether oxygens (including phenoxy) is 5. The quantitative estimate of drug-likeness (QED) is 0.207. The summed E-state index contributed by atoms with van der Waals surface area (Å²) in [5.41, 5.74) is 0. The second-order valence-electron chi connectivity index (χ2n) is 6.03. The lowest BCUT2D eigenvalue weighted by Crippen LogP contribution is -2.32. The Balaban J connectivity index is 1.79. The van der Waals surface area contributed by atoms with Gasteiger partial charge in [-0.1, -0.05) is 0 Å².